The molecule has 0 saturated carbocycles. The van der Waals surface area contributed by atoms with Gasteiger partial charge in [-0.2, -0.15) is 0 Å². The molecular formula is C10H21LuNO. The van der Waals surface area contributed by atoms with Crippen molar-refractivity contribution in [2.45, 2.75) is 46.1 Å². The van der Waals surface area contributed by atoms with Gasteiger partial charge in [-0.15, -0.1) is 0 Å². The van der Waals surface area contributed by atoms with E-state index < -0.39 is 5.60 Å². The van der Waals surface area contributed by atoms with Gasteiger partial charge in [0.15, 0.2) is 0 Å². The van der Waals surface area contributed by atoms with Crippen LogP contribution in [0.1, 0.15) is 40.5 Å². The number of nitrogens with zero attached hydrogens (tertiary/aromatic N) is 1. The molecule has 87 valence electrons. The Labute approximate surface area is 111 Å². The summed E-state index contributed by atoms with van der Waals surface area (Å²) >= 11 is 0. The van der Waals surface area contributed by atoms with E-state index in [1.165, 1.54) is 0 Å². The number of aliphatic hydroxyl groups is 1. The van der Waals surface area contributed by atoms with E-state index in [4.69, 9.17) is 0 Å². The topological polar surface area (TPSA) is 32.6 Å². The SMILES string of the molecule is CCCC(O)(C(C)=NC)C(C)C.[Lu]. The zero-order valence-electron chi connectivity index (χ0n) is 9.14. The third-order valence-electron chi connectivity index (χ3n) is 2.55. The molecule has 2 nitrogen and oxygen atoms in total. The first-order valence-electron chi connectivity index (χ1n) is 4.65. The molecule has 0 bridgehead atoms. The Morgan fingerprint density at radius 3 is 2.15 bits per heavy atom. The fraction of sp³-hybridized carbons (Fsp3) is 0.900. The molecule has 1 atom stereocenters. The monoisotopic (exact) mass is 346 g/mol. The zero-order chi connectivity index (χ0) is 9.78. The van der Waals surface area contributed by atoms with Crippen molar-refractivity contribution >= 4 is 5.71 Å². The van der Waals surface area contributed by atoms with Gasteiger partial charge >= 0.3 is 0 Å². The number of aliphatic imine (C=N–C) groups is 1. The first kappa shape index (κ1) is 16.3. The molecular weight excluding hydrogens is 325 g/mol. The van der Waals surface area contributed by atoms with Gasteiger partial charge in [0.1, 0.15) is 5.60 Å². The maximum atomic E-state index is 10.2. The van der Waals surface area contributed by atoms with Crippen LogP contribution in [0.3, 0.4) is 0 Å². The van der Waals surface area contributed by atoms with E-state index in [1.54, 1.807) is 7.05 Å². The Bertz CT molecular complexity index is 168. The van der Waals surface area contributed by atoms with Crippen molar-refractivity contribution in [2.24, 2.45) is 10.9 Å². The van der Waals surface area contributed by atoms with Crippen LogP contribution in [-0.2, 0) is 0 Å². The van der Waals surface area contributed by atoms with Crippen molar-refractivity contribution in [3.63, 3.8) is 0 Å². The summed E-state index contributed by atoms with van der Waals surface area (Å²) in [7, 11) is 1.73. The van der Waals surface area contributed by atoms with Gasteiger partial charge in [0.25, 0.3) is 0 Å². The molecule has 0 aromatic carbocycles. The average Bonchev–Trinajstić information content (AvgIpc) is 2.03. The molecule has 0 spiro atoms. The van der Waals surface area contributed by atoms with Gasteiger partial charge in [0, 0.05) is 49.6 Å². The fourth-order valence-corrected chi connectivity index (χ4v) is 1.46. The van der Waals surface area contributed by atoms with Crippen LogP contribution in [0.4, 0.5) is 0 Å². The van der Waals surface area contributed by atoms with Gasteiger partial charge in [-0.25, -0.2) is 0 Å². The molecule has 0 aliphatic heterocycles. The Hall–Kier alpha value is 0.864. The van der Waals surface area contributed by atoms with Crippen molar-refractivity contribution in [3.05, 3.63) is 0 Å². The molecule has 0 saturated heterocycles. The van der Waals surface area contributed by atoms with E-state index in [9.17, 15) is 5.11 Å². The third kappa shape index (κ3) is 4.27. The van der Waals surface area contributed by atoms with Crippen LogP contribution >= 0.6 is 0 Å². The predicted molar refractivity (Wildman–Crippen MR) is 53.7 cm³/mol. The minimum absolute atomic E-state index is 0. The van der Waals surface area contributed by atoms with Crippen LogP contribution in [0.25, 0.3) is 0 Å². The predicted octanol–water partition coefficient (Wildman–Crippen LogP) is 2.26. The Morgan fingerprint density at radius 1 is 1.46 bits per heavy atom. The Kier molecular flexibility index (Phi) is 9.02. The molecule has 1 N–H and O–H groups in total. The summed E-state index contributed by atoms with van der Waals surface area (Å²) in [6.45, 7) is 8.04. The molecule has 3 heteroatoms. The number of hydrogen-bond acceptors (Lipinski definition) is 2. The summed E-state index contributed by atoms with van der Waals surface area (Å²) in [5.74, 6) is 0.237. The van der Waals surface area contributed by atoms with Gasteiger partial charge < -0.3 is 5.11 Å². The van der Waals surface area contributed by atoms with E-state index in [0.29, 0.717) is 0 Å². The molecule has 0 amide bonds. The normalized spacial score (nSPS) is 16.7. The van der Waals surface area contributed by atoms with E-state index in [1.807, 2.05) is 20.8 Å². The molecule has 0 fully saturated rings. The smallest absolute Gasteiger partial charge is 0.104 e. The zero-order valence-corrected chi connectivity index (χ0v) is 10.8. The van der Waals surface area contributed by atoms with Crippen molar-refractivity contribution in [1.29, 1.82) is 0 Å². The van der Waals surface area contributed by atoms with Crippen LogP contribution in [0.2, 0.25) is 0 Å². The van der Waals surface area contributed by atoms with Crippen molar-refractivity contribution in [2.75, 3.05) is 7.05 Å². The Morgan fingerprint density at radius 2 is 1.92 bits per heavy atom. The molecule has 0 aliphatic rings. The molecule has 0 aromatic heterocycles. The third-order valence-corrected chi connectivity index (χ3v) is 2.55. The summed E-state index contributed by atoms with van der Waals surface area (Å²) in [6, 6.07) is 0. The van der Waals surface area contributed by atoms with Crippen LogP contribution in [0.15, 0.2) is 4.99 Å². The standard InChI is InChI=1S/C10H21NO.Lu/c1-6-7-10(12,8(2)3)9(4)11-5;/h8,12H,6-7H2,1-5H3;. The molecule has 1 unspecified atom stereocenters. The fourth-order valence-electron chi connectivity index (χ4n) is 1.46. The summed E-state index contributed by atoms with van der Waals surface area (Å²) < 4.78 is 0. The second kappa shape index (κ2) is 7.19. The van der Waals surface area contributed by atoms with Gasteiger partial charge in [0.2, 0.25) is 0 Å². The number of rotatable bonds is 4. The average molecular weight is 346 g/mol. The quantitative estimate of drug-likeness (QED) is 0.779. The van der Waals surface area contributed by atoms with E-state index in [-0.39, 0.29) is 42.8 Å². The first-order chi connectivity index (χ1) is 5.49. The maximum Gasteiger partial charge on any atom is 0.104 e. The molecule has 0 aliphatic carbocycles. The summed E-state index contributed by atoms with van der Waals surface area (Å²) in [4.78, 5) is 4.07. The van der Waals surface area contributed by atoms with Gasteiger partial charge in [-0.05, 0) is 19.3 Å². The summed E-state index contributed by atoms with van der Waals surface area (Å²) in [5, 5.41) is 10.2. The van der Waals surface area contributed by atoms with E-state index in [0.717, 1.165) is 18.6 Å². The second-order valence-electron chi connectivity index (χ2n) is 3.64. The summed E-state index contributed by atoms with van der Waals surface area (Å²) in [5.41, 5.74) is 0.156. The van der Waals surface area contributed by atoms with Crippen LogP contribution in [0.5, 0.6) is 0 Å². The Balaban J connectivity index is 0. The van der Waals surface area contributed by atoms with Gasteiger partial charge in [-0.3, -0.25) is 4.99 Å². The minimum atomic E-state index is -0.691. The molecule has 13 heavy (non-hydrogen) atoms. The largest absolute Gasteiger partial charge is 0.384 e. The molecule has 0 aromatic rings. The van der Waals surface area contributed by atoms with Gasteiger partial charge in [0.05, 0.1) is 0 Å². The molecule has 0 heterocycles. The van der Waals surface area contributed by atoms with Crippen molar-refractivity contribution in [1.82, 2.24) is 0 Å². The summed E-state index contributed by atoms with van der Waals surface area (Å²) in [6.07, 6.45) is 1.79. The first-order valence-corrected chi connectivity index (χ1v) is 4.65. The maximum absolute atomic E-state index is 10.2. The van der Waals surface area contributed by atoms with Crippen molar-refractivity contribution in [3.8, 4) is 0 Å². The minimum Gasteiger partial charge on any atom is -0.384 e. The van der Waals surface area contributed by atoms with Gasteiger partial charge in [-0.1, -0.05) is 27.2 Å². The van der Waals surface area contributed by atoms with E-state index >= 15 is 0 Å². The second-order valence-corrected chi connectivity index (χ2v) is 3.64. The number of hydrogen-bond donors (Lipinski definition) is 1. The van der Waals surface area contributed by atoms with E-state index in [2.05, 4.69) is 11.9 Å². The molecule has 1 radical (unpaired) electrons. The van der Waals surface area contributed by atoms with Crippen molar-refractivity contribution < 1.29 is 42.0 Å². The van der Waals surface area contributed by atoms with Crippen LogP contribution < -0.4 is 0 Å². The molecule has 0 rings (SSSR count). The van der Waals surface area contributed by atoms with Crippen LogP contribution in [0, 0.1) is 42.8 Å². The van der Waals surface area contributed by atoms with Crippen LogP contribution in [-0.4, -0.2) is 23.5 Å².